The quantitative estimate of drug-likeness (QED) is 0.181. The molecule has 10 aromatic rings. The van der Waals surface area contributed by atoms with Crippen LogP contribution in [0.4, 0.5) is 5.69 Å². The highest BCUT2D eigenvalue weighted by atomic mass is 32.1. The van der Waals surface area contributed by atoms with Crippen LogP contribution in [0.1, 0.15) is 30.4 Å². The van der Waals surface area contributed by atoms with Crippen molar-refractivity contribution in [1.29, 1.82) is 0 Å². The van der Waals surface area contributed by atoms with E-state index in [1.165, 1.54) is 90.1 Å². The second kappa shape index (κ2) is 13.7. The van der Waals surface area contributed by atoms with Crippen LogP contribution in [-0.2, 0) is 0 Å². The van der Waals surface area contributed by atoms with Crippen molar-refractivity contribution >= 4 is 90.5 Å². The summed E-state index contributed by atoms with van der Waals surface area (Å²) in [6.45, 7) is 5.42. The van der Waals surface area contributed by atoms with Gasteiger partial charge in [0.15, 0.2) is 6.29 Å². The minimum Gasteiger partial charge on any atom is -0.352 e. The molecule has 0 saturated carbocycles. The Morgan fingerprint density at radius 3 is 2.02 bits per heavy atom. The molecular weight excluding hydrogens is 707 g/mol. The summed E-state index contributed by atoms with van der Waals surface area (Å²) >= 11 is 3.81. The Bertz CT molecular complexity index is 3090. The number of hydrogen-bond donors (Lipinski definition) is 1. The first-order chi connectivity index (χ1) is 27.1. The molecule has 1 aliphatic heterocycles. The van der Waals surface area contributed by atoms with E-state index in [-0.39, 0.29) is 12.3 Å². The highest BCUT2D eigenvalue weighted by Crippen LogP contribution is 2.48. The van der Waals surface area contributed by atoms with Crippen molar-refractivity contribution in [3.63, 3.8) is 0 Å². The largest absolute Gasteiger partial charge is 0.352 e. The molecule has 11 rings (SSSR count). The first-order valence-electron chi connectivity index (χ1n) is 18.8. The van der Waals surface area contributed by atoms with Crippen LogP contribution in [-0.4, -0.2) is 16.5 Å². The van der Waals surface area contributed by atoms with Gasteiger partial charge in [0, 0.05) is 56.8 Å². The number of nitrogens with one attached hydrogen (secondary N) is 1. The molecule has 2 atom stereocenters. The third-order valence-electron chi connectivity index (χ3n) is 11.0. The molecule has 1 N–H and O–H groups in total. The number of rotatable bonds is 4. The number of aromatic nitrogens is 1. The van der Waals surface area contributed by atoms with Crippen LogP contribution >= 0.6 is 22.7 Å². The Kier molecular flexibility index (Phi) is 8.37. The van der Waals surface area contributed by atoms with Crippen LogP contribution < -0.4 is 5.32 Å². The van der Waals surface area contributed by atoms with Crippen molar-refractivity contribution in [2.24, 2.45) is 0 Å². The van der Waals surface area contributed by atoms with Gasteiger partial charge in [-0.3, -0.25) is 4.90 Å². The van der Waals surface area contributed by atoms with Crippen LogP contribution in [0.15, 0.2) is 176 Å². The Hall–Kier alpha value is -5.98. The predicted octanol–water partition coefficient (Wildman–Crippen LogP) is 14.5. The Morgan fingerprint density at radius 2 is 1.27 bits per heavy atom. The molecule has 0 aliphatic carbocycles. The van der Waals surface area contributed by atoms with Crippen molar-refractivity contribution in [2.75, 3.05) is 12.4 Å². The molecule has 3 nitrogen and oxygen atoms in total. The van der Waals surface area contributed by atoms with Crippen LogP contribution in [0, 0.1) is 0 Å². The summed E-state index contributed by atoms with van der Waals surface area (Å²) in [5, 5.41) is 11.9. The van der Waals surface area contributed by atoms with Gasteiger partial charge in [0.2, 0.25) is 0 Å². The van der Waals surface area contributed by atoms with Crippen molar-refractivity contribution in [3.8, 4) is 11.1 Å². The summed E-state index contributed by atoms with van der Waals surface area (Å²) in [5.41, 5.74) is 8.76. The average Bonchev–Trinajstić information content (AvgIpc) is 3.91. The monoisotopic (exact) mass is 745 g/mol. The number of fused-ring (bicyclic) bond motifs is 11. The molecule has 0 saturated heterocycles. The van der Waals surface area contributed by atoms with Gasteiger partial charge >= 0.3 is 0 Å². The van der Waals surface area contributed by atoms with Crippen molar-refractivity contribution in [2.45, 2.75) is 19.3 Å². The number of nitrogens with zero attached hydrogens (tertiary/aromatic N) is 2. The normalized spacial score (nSPS) is 15.9. The van der Waals surface area contributed by atoms with Gasteiger partial charge in [0.05, 0.1) is 17.1 Å². The lowest BCUT2D eigenvalue weighted by Gasteiger charge is -2.43. The number of thiophene rings is 2. The van der Waals surface area contributed by atoms with E-state index >= 15 is 0 Å². The van der Waals surface area contributed by atoms with E-state index in [9.17, 15) is 0 Å². The first kappa shape index (κ1) is 33.6. The molecule has 55 heavy (non-hydrogen) atoms. The molecule has 2 unspecified atom stereocenters. The molecule has 3 aromatic heterocycles. The van der Waals surface area contributed by atoms with Crippen molar-refractivity contribution in [3.05, 3.63) is 188 Å². The van der Waals surface area contributed by atoms with E-state index in [1.54, 1.807) is 6.08 Å². The lowest BCUT2D eigenvalue weighted by Crippen LogP contribution is -2.42. The van der Waals surface area contributed by atoms with Crippen LogP contribution in [0.5, 0.6) is 0 Å². The van der Waals surface area contributed by atoms with E-state index in [4.69, 9.17) is 0 Å². The SMILES string of the molecule is C=C/C=C\C.CN1C(c2ccccc2)c2ccccc2NC1n1c2cc(-c3cccc4c3sc3ccccc34)ccc2c2c3sc4ccccc4c3ccc21. The van der Waals surface area contributed by atoms with Gasteiger partial charge in [-0.05, 0) is 66.6 Å². The Morgan fingerprint density at radius 1 is 0.618 bits per heavy atom. The van der Waals surface area contributed by atoms with Gasteiger partial charge in [0.25, 0.3) is 0 Å². The van der Waals surface area contributed by atoms with Crippen molar-refractivity contribution < 1.29 is 0 Å². The summed E-state index contributed by atoms with van der Waals surface area (Å²) in [7, 11) is 2.27. The summed E-state index contributed by atoms with van der Waals surface area (Å²) in [4.78, 5) is 2.51. The Labute approximate surface area is 328 Å². The molecule has 4 heterocycles. The van der Waals surface area contributed by atoms with Crippen LogP contribution in [0.25, 0.3) is 73.3 Å². The number of benzene rings is 7. The molecule has 1 aliphatic rings. The van der Waals surface area contributed by atoms with Gasteiger partial charge in [-0.25, -0.2) is 0 Å². The van der Waals surface area contributed by atoms with Crippen LogP contribution in [0.2, 0.25) is 0 Å². The third-order valence-corrected chi connectivity index (χ3v) is 13.5. The van der Waals surface area contributed by atoms with Gasteiger partial charge < -0.3 is 9.88 Å². The molecule has 0 amide bonds. The van der Waals surface area contributed by atoms with Gasteiger partial charge in [-0.15, -0.1) is 22.7 Å². The maximum atomic E-state index is 4.01. The maximum Gasteiger partial charge on any atom is 0.162 e. The lowest BCUT2D eigenvalue weighted by atomic mass is 9.94. The number of hydrogen-bond acceptors (Lipinski definition) is 4. The highest BCUT2D eigenvalue weighted by Gasteiger charge is 2.35. The molecule has 0 radical (unpaired) electrons. The van der Waals surface area contributed by atoms with E-state index in [2.05, 4.69) is 180 Å². The zero-order chi connectivity index (χ0) is 37.0. The van der Waals surface area contributed by atoms with E-state index < -0.39 is 0 Å². The summed E-state index contributed by atoms with van der Waals surface area (Å²) in [6.07, 6.45) is 5.45. The van der Waals surface area contributed by atoms with Gasteiger partial charge in [-0.2, -0.15) is 0 Å². The maximum absolute atomic E-state index is 4.01. The molecule has 0 spiro atoms. The third kappa shape index (κ3) is 5.42. The Balaban J connectivity index is 0.000000703. The predicted molar refractivity (Wildman–Crippen MR) is 241 cm³/mol. The second-order valence-corrected chi connectivity index (χ2v) is 16.3. The van der Waals surface area contributed by atoms with Crippen LogP contribution in [0.3, 0.4) is 0 Å². The first-order valence-corrected chi connectivity index (χ1v) is 20.4. The molecule has 0 fully saturated rings. The topological polar surface area (TPSA) is 20.2 Å². The van der Waals surface area contributed by atoms with E-state index in [0.717, 1.165) is 0 Å². The second-order valence-electron chi connectivity index (χ2n) is 14.2. The lowest BCUT2D eigenvalue weighted by molar-refractivity contribution is 0.160. The fourth-order valence-electron chi connectivity index (χ4n) is 8.62. The summed E-state index contributed by atoms with van der Waals surface area (Å²) in [5.74, 6) is 0. The standard InChI is InChI=1S/C45H31N3S2.C5H8/c1-47-42(27-12-3-2-4-13-27)34-16-5-8-19-36(34)46-45(47)48-37-25-24-33-31-15-7-10-21-40(31)50-44(33)41(37)35-23-22-28(26-38(35)48)29-17-11-18-32-30-14-6-9-20-39(30)49-43(29)32;1-3-5-4-2/h2-26,42,45-46H,1H3;3-5H,1H2,2H3/b;5-4-. The fraction of sp³-hybridized carbons (Fsp3) is 0.0800. The van der Waals surface area contributed by atoms with E-state index in [0.29, 0.717) is 0 Å². The highest BCUT2D eigenvalue weighted by molar-refractivity contribution is 7.27. The van der Waals surface area contributed by atoms with E-state index in [1.807, 2.05) is 41.7 Å². The molecule has 0 bridgehead atoms. The number of allylic oxidation sites excluding steroid dienone is 3. The smallest absolute Gasteiger partial charge is 0.162 e. The zero-order valence-electron chi connectivity index (χ0n) is 30.7. The summed E-state index contributed by atoms with van der Waals surface area (Å²) in [6, 6.07) is 56.1. The van der Waals surface area contributed by atoms with Crippen molar-refractivity contribution in [1.82, 2.24) is 9.47 Å². The number of anilines is 1. The molecule has 7 aromatic carbocycles. The van der Waals surface area contributed by atoms with Gasteiger partial charge in [-0.1, -0.05) is 146 Å². The average molecular weight is 746 g/mol. The molecule has 5 heteroatoms. The fourth-order valence-corrected chi connectivity index (χ4v) is 11.1. The zero-order valence-corrected chi connectivity index (χ0v) is 32.4. The molecular formula is C50H39N3S2. The van der Waals surface area contributed by atoms with Gasteiger partial charge in [0.1, 0.15) is 0 Å². The minimum atomic E-state index is -0.127. The summed E-state index contributed by atoms with van der Waals surface area (Å²) < 4.78 is 7.92. The number of para-hydroxylation sites is 1. The minimum absolute atomic E-state index is 0.0923. The molecule has 266 valence electrons.